The van der Waals surface area contributed by atoms with E-state index in [0.29, 0.717) is 17.1 Å². The second-order valence-corrected chi connectivity index (χ2v) is 7.44. The van der Waals surface area contributed by atoms with Gasteiger partial charge in [-0.15, -0.1) is 11.8 Å². The van der Waals surface area contributed by atoms with Gasteiger partial charge in [-0.1, -0.05) is 25.0 Å². The van der Waals surface area contributed by atoms with Crippen molar-refractivity contribution in [3.05, 3.63) is 45.7 Å². The zero-order chi connectivity index (χ0) is 16.7. The predicted octanol–water partition coefficient (Wildman–Crippen LogP) is 2.77. The quantitative estimate of drug-likeness (QED) is 0.781. The van der Waals surface area contributed by atoms with Crippen LogP contribution in [0.15, 0.2) is 29.1 Å². The molecule has 2 aliphatic rings. The lowest BCUT2D eigenvalue weighted by atomic mass is 10.1. The summed E-state index contributed by atoms with van der Waals surface area (Å²) < 4.78 is 1.86. The molecule has 3 N–H and O–H groups in total. The van der Waals surface area contributed by atoms with E-state index < -0.39 is 0 Å². The van der Waals surface area contributed by atoms with E-state index in [1.807, 2.05) is 4.68 Å². The van der Waals surface area contributed by atoms with E-state index in [0.717, 1.165) is 31.2 Å². The van der Waals surface area contributed by atoms with Gasteiger partial charge >= 0.3 is 0 Å². The molecule has 2 heterocycles. The van der Waals surface area contributed by atoms with Crippen LogP contribution in [0.1, 0.15) is 48.1 Å². The molecule has 0 spiro atoms. The van der Waals surface area contributed by atoms with Crippen molar-refractivity contribution < 1.29 is 9.90 Å². The monoisotopic (exact) mass is 345 g/mol. The van der Waals surface area contributed by atoms with Gasteiger partial charge in [0.05, 0.1) is 22.6 Å². The number of fused-ring (bicyclic) bond motifs is 1. The highest BCUT2D eigenvalue weighted by Crippen LogP contribution is 2.42. The molecule has 1 saturated carbocycles. The number of aromatic nitrogens is 2. The molecule has 0 saturated heterocycles. The lowest BCUT2D eigenvalue weighted by Crippen LogP contribution is -2.18. The van der Waals surface area contributed by atoms with Crippen molar-refractivity contribution in [3.8, 4) is 5.75 Å². The van der Waals surface area contributed by atoms with Crippen LogP contribution in [0.5, 0.6) is 5.75 Å². The Morgan fingerprint density at radius 2 is 1.83 bits per heavy atom. The van der Waals surface area contributed by atoms with Crippen molar-refractivity contribution in [2.75, 3.05) is 11.1 Å². The van der Waals surface area contributed by atoms with E-state index in [9.17, 15) is 14.7 Å². The van der Waals surface area contributed by atoms with Crippen molar-refractivity contribution in [1.82, 2.24) is 9.78 Å². The van der Waals surface area contributed by atoms with Gasteiger partial charge in [-0.3, -0.25) is 19.4 Å². The number of benzene rings is 1. The first-order valence-electron chi connectivity index (χ1n) is 8.18. The lowest BCUT2D eigenvalue weighted by molar-refractivity contribution is -0.113. The minimum Gasteiger partial charge on any atom is -0.508 e. The Kier molecular flexibility index (Phi) is 3.88. The molecule has 1 aromatic carbocycles. The molecule has 2 aromatic rings. The minimum absolute atomic E-state index is 0.0896. The number of amides is 1. The highest BCUT2D eigenvalue weighted by Gasteiger charge is 2.32. The highest BCUT2D eigenvalue weighted by molar-refractivity contribution is 8.00. The van der Waals surface area contributed by atoms with Crippen LogP contribution in [0.4, 0.5) is 5.82 Å². The molecule has 126 valence electrons. The molecule has 0 bridgehead atoms. The Morgan fingerprint density at radius 3 is 2.54 bits per heavy atom. The van der Waals surface area contributed by atoms with Crippen LogP contribution in [0.2, 0.25) is 0 Å². The standard InChI is InChI=1S/C17H19N3O3S/c21-12-7-5-10(6-8-12)15-14-16(18-13(22)9-24-15)20(19-17(14)23)11-3-1-2-4-11/h5-8,11,15,21H,1-4,9H2,(H,18,22)(H,19,23)/t15-/m0/s1. The van der Waals surface area contributed by atoms with E-state index in [2.05, 4.69) is 10.4 Å². The number of aromatic amines is 1. The first-order valence-corrected chi connectivity index (χ1v) is 9.23. The fraction of sp³-hybridized carbons (Fsp3) is 0.412. The van der Waals surface area contributed by atoms with Crippen molar-refractivity contribution in [2.24, 2.45) is 0 Å². The number of nitrogens with one attached hydrogen (secondary N) is 2. The van der Waals surface area contributed by atoms with Gasteiger partial charge in [0.25, 0.3) is 5.56 Å². The molecule has 4 rings (SSSR count). The highest BCUT2D eigenvalue weighted by atomic mass is 32.2. The third-order valence-corrected chi connectivity index (χ3v) is 6.02. The SMILES string of the molecule is O=C1CS[C@@H](c2ccc(O)cc2)c2c(n(C3CCCC3)[nH]c2=O)N1. The molecule has 0 unspecified atom stereocenters. The van der Waals surface area contributed by atoms with Crippen molar-refractivity contribution in [2.45, 2.75) is 37.0 Å². The van der Waals surface area contributed by atoms with Crippen LogP contribution >= 0.6 is 11.8 Å². The molecule has 1 aromatic heterocycles. The van der Waals surface area contributed by atoms with E-state index in [1.54, 1.807) is 24.3 Å². The third-order valence-electron chi connectivity index (χ3n) is 4.75. The van der Waals surface area contributed by atoms with Gasteiger partial charge in [0.15, 0.2) is 0 Å². The predicted molar refractivity (Wildman–Crippen MR) is 93.6 cm³/mol. The maximum atomic E-state index is 12.7. The Hall–Kier alpha value is -2.15. The van der Waals surface area contributed by atoms with Crippen LogP contribution < -0.4 is 10.9 Å². The fourth-order valence-corrected chi connectivity index (χ4v) is 4.72. The van der Waals surface area contributed by atoms with Crippen LogP contribution in [0.3, 0.4) is 0 Å². The molecule has 1 amide bonds. The van der Waals surface area contributed by atoms with Crippen LogP contribution in [-0.4, -0.2) is 26.5 Å². The summed E-state index contributed by atoms with van der Waals surface area (Å²) >= 11 is 1.44. The van der Waals surface area contributed by atoms with E-state index >= 15 is 0 Å². The molecular formula is C17H19N3O3S. The van der Waals surface area contributed by atoms with E-state index in [4.69, 9.17) is 0 Å². The van der Waals surface area contributed by atoms with Gasteiger partial charge in [0, 0.05) is 0 Å². The molecule has 1 atom stereocenters. The topological polar surface area (TPSA) is 87.1 Å². The van der Waals surface area contributed by atoms with Crippen LogP contribution in [-0.2, 0) is 4.79 Å². The summed E-state index contributed by atoms with van der Waals surface area (Å²) in [6, 6.07) is 7.07. The molecule has 0 radical (unpaired) electrons. The molecule has 1 fully saturated rings. The average Bonchev–Trinajstić information content (AvgIpc) is 3.15. The van der Waals surface area contributed by atoms with Gasteiger partial charge in [-0.25, -0.2) is 0 Å². The number of aromatic hydroxyl groups is 1. The summed E-state index contributed by atoms with van der Waals surface area (Å²) in [6.07, 6.45) is 4.32. The van der Waals surface area contributed by atoms with Crippen molar-refractivity contribution >= 4 is 23.5 Å². The van der Waals surface area contributed by atoms with E-state index in [-0.39, 0.29) is 28.5 Å². The molecule has 6 nitrogen and oxygen atoms in total. The number of hydrogen-bond acceptors (Lipinski definition) is 4. The van der Waals surface area contributed by atoms with Crippen molar-refractivity contribution in [1.29, 1.82) is 0 Å². The summed E-state index contributed by atoms with van der Waals surface area (Å²) in [5.41, 5.74) is 1.36. The smallest absolute Gasteiger partial charge is 0.270 e. The summed E-state index contributed by atoms with van der Waals surface area (Å²) in [5, 5.41) is 15.1. The summed E-state index contributed by atoms with van der Waals surface area (Å²) in [6.45, 7) is 0. The summed E-state index contributed by atoms with van der Waals surface area (Å²) in [7, 11) is 0. The second kappa shape index (κ2) is 6.05. The molecular weight excluding hydrogens is 326 g/mol. The zero-order valence-electron chi connectivity index (χ0n) is 13.1. The number of anilines is 1. The van der Waals surface area contributed by atoms with Crippen LogP contribution in [0.25, 0.3) is 0 Å². The largest absolute Gasteiger partial charge is 0.508 e. The third kappa shape index (κ3) is 2.62. The number of phenolic OH excluding ortho intramolecular Hbond substituents is 1. The Morgan fingerprint density at radius 1 is 1.12 bits per heavy atom. The Balaban J connectivity index is 1.83. The number of rotatable bonds is 2. The van der Waals surface area contributed by atoms with Gasteiger partial charge in [0.1, 0.15) is 11.6 Å². The second-order valence-electron chi connectivity index (χ2n) is 6.34. The van der Waals surface area contributed by atoms with Gasteiger partial charge in [-0.05, 0) is 30.5 Å². The minimum atomic E-state index is -0.231. The number of thioether (sulfide) groups is 1. The average molecular weight is 345 g/mol. The first kappa shape index (κ1) is 15.4. The normalized spacial score (nSPS) is 21.3. The number of hydrogen-bond donors (Lipinski definition) is 3. The molecule has 1 aliphatic heterocycles. The number of carbonyl (C=O) groups excluding carboxylic acids is 1. The number of nitrogens with zero attached hydrogens (tertiary/aromatic N) is 1. The van der Waals surface area contributed by atoms with Crippen molar-refractivity contribution in [3.63, 3.8) is 0 Å². The summed E-state index contributed by atoms with van der Waals surface area (Å²) in [4.78, 5) is 24.8. The molecule has 24 heavy (non-hydrogen) atoms. The molecule has 1 aliphatic carbocycles. The number of phenols is 1. The lowest BCUT2D eigenvalue weighted by Gasteiger charge is -2.16. The van der Waals surface area contributed by atoms with Crippen LogP contribution in [0, 0.1) is 0 Å². The zero-order valence-corrected chi connectivity index (χ0v) is 13.9. The van der Waals surface area contributed by atoms with Gasteiger partial charge in [0.2, 0.25) is 5.91 Å². The van der Waals surface area contributed by atoms with E-state index in [1.165, 1.54) is 11.8 Å². The first-order chi connectivity index (χ1) is 11.6. The fourth-order valence-electron chi connectivity index (χ4n) is 3.59. The maximum Gasteiger partial charge on any atom is 0.270 e. The number of H-pyrrole nitrogens is 1. The van der Waals surface area contributed by atoms with Gasteiger partial charge < -0.3 is 10.4 Å². The number of carbonyl (C=O) groups is 1. The molecule has 7 heteroatoms. The Bertz CT molecular complexity index is 819. The summed E-state index contributed by atoms with van der Waals surface area (Å²) in [5.74, 6) is 1.00. The van der Waals surface area contributed by atoms with Gasteiger partial charge in [-0.2, -0.15) is 0 Å². The maximum absolute atomic E-state index is 12.7. The Labute approximate surface area is 143 Å².